The average Bonchev–Trinajstić information content (AvgIpc) is 2.93. The van der Waals surface area contributed by atoms with Gasteiger partial charge in [0.2, 0.25) is 11.8 Å². The number of rotatable bonds is 4. The van der Waals surface area contributed by atoms with Crippen LogP contribution in [0.1, 0.15) is 27.2 Å². The molecule has 1 saturated carbocycles. The summed E-state index contributed by atoms with van der Waals surface area (Å²) in [4.78, 5) is 35.3. The third-order valence-electron chi connectivity index (χ3n) is 3.98. The number of hydrogen-bond acceptors (Lipinski definition) is 3. The molecule has 0 aromatic heterocycles. The van der Waals surface area contributed by atoms with Crippen molar-refractivity contribution >= 4 is 17.8 Å². The van der Waals surface area contributed by atoms with E-state index >= 15 is 0 Å². The standard InChI is InChI=1S/C15H22N2O4/c1-15(2,3)17-10(18)7-16-13(19)11-8-4-5-9(6-8)12(11)14(20)21/h4-5,8-9,11-12H,6-7H2,1-3H3,(H,16,19)(H,17,18)(H,20,21)/t8?,9?,11-,12+/m0/s1. The molecular formula is C15H22N2O4. The molecule has 0 radical (unpaired) electrons. The number of allylic oxidation sites excluding steroid dienone is 2. The quantitative estimate of drug-likeness (QED) is 0.659. The van der Waals surface area contributed by atoms with E-state index in [1.807, 2.05) is 32.9 Å². The second-order valence-electron chi connectivity index (χ2n) is 6.85. The Hall–Kier alpha value is -1.85. The van der Waals surface area contributed by atoms with Crippen LogP contribution < -0.4 is 10.6 Å². The number of amides is 2. The van der Waals surface area contributed by atoms with Crippen molar-refractivity contribution in [3.8, 4) is 0 Å². The Morgan fingerprint density at radius 1 is 1.14 bits per heavy atom. The fraction of sp³-hybridized carbons (Fsp3) is 0.667. The second-order valence-corrected chi connectivity index (χ2v) is 6.85. The van der Waals surface area contributed by atoms with Gasteiger partial charge in [0.25, 0.3) is 0 Å². The number of carboxylic acid groups (broad SMARTS) is 1. The number of fused-ring (bicyclic) bond motifs is 2. The number of carbonyl (C=O) groups is 3. The number of nitrogens with one attached hydrogen (secondary N) is 2. The fourth-order valence-corrected chi connectivity index (χ4v) is 3.26. The Morgan fingerprint density at radius 3 is 2.24 bits per heavy atom. The lowest BCUT2D eigenvalue weighted by Crippen LogP contribution is -2.48. The first-order valence-corrected chi connectivity index (χ1v) is 7.19. The van der Waals surface area contributed by atoms with Crippen LogP contribution in [0.3, 0.4) is 0 Å². The Morgan fingerprint density at radius 2 is 1.71 bits per heavy atom. The molecule has 0 aliphatic heterocycles. The molecule has 21 heavy (non-hydrogen) atoms. The van der Waals surface area contributed by atoms with Crippen LogP contribution in [0.15, 0.2) is 12.2 Å². The summed E-state index contributed by atoms with van der Waals surface area (Å²) in [5, 5.41) is 14.6. The fourth-order valence-electron chi connectivity index (χ4n) is 3.26. The van der Waals surface area contributed by atoms with Crippen LogP contribution in [0, 0.1) is 23.7 Å². The molecule has 2 unspecified atom stereocenters. The first-order chi connectivity index (χ1) is 9.69. The zero-order valence-electron chi connectivity index (χ0n) is 12.6. The highest BCUT2D eigenvalue weighted by Crippen LogP contribution is 2.48. The molecule has 2 aliphatic rings. The van der Waals surface area contributed by atoms with Crippen LogP contribution in [-0.2, 0) is 14.4 Å². The van der Waals surface area contributed by atoms with Crippen molar-refractivity contribution in [1.82, 2.24) is 10.6 Å². The monoisotopic (exact) mass is 294 g/mol. The van der Waals surface area contributed by atoms with Crippen molar-refractivity contribution in [2.45, 2.75) is 32.7 Å². The summed E-state index contributed by atoms with van der Waals surface area (Å²) in [5.41, 5.74) is -0.361. The zero-order valence-corrected chi connectivity index (χ0v) is 12.6. The Balaban J connectivity index is 1.93. The summed E-state index contributed by atoms with van der Waals surface area (Å²) in [7, 11) is 0. The van der Waals surface area contributed by atoms with Gasteiger partial charge in [0, 0.05) is 5.54 Å². The Kier molecular flexibility index (Phi) is 4.07. The minimum absolute atomic E-state index is 0.0261. The molecular weight excluding hydrogens is 272 g/mol. The smallest absolute Gasteiger partial charge is 0.307 e. The lowest BCUT2D eigenvalue weighted by molar-refractivity contribution is -0.147. The molecule has 0 heterocycles. The molecule has 6 nitrogen and oxygen atoms in total. The summed E-state index contributed by atoms with van der Waals surface area (Å²) in [6, 6.07) is 0. The molecule has 6 heteroatoms. The Labute approximate surface area is 124 Å². The summed E-state index contributed by atoms with van der Waals surface area (Å²) >= 11 is 0. The lowest BCUT2D eigenvalue weighted by Gasteiger charge is -2.24. The molecule has 0 aromatic carbocycles. The van der Waals surface area contributed by atoms with Crippen molar-refractivity contribution in [3.63, 3.8) is 0 Å². The van der Waals surface area contributed by atoms with Gasteiger partial charge in [-0.1, -0.05) is 12.2 Å². The van der Waals surface area contributed by atoms with Crippen LogP contribution in [-0.4, -0.2) is 35.0 Å². The lowest BCUT2D eigenvalue weighted by atomic mass is 9.82. The maximum Gasteiger partial charge on any atom is 0.307 e. The molecule has 2 bridgehead atoms. The van der Waals surface area contributed by atoms with Gasteiger partial charge in [-0.15, -0.1) is 0 Å². The minimum atomic E-state index is -0.939. The summed E-state index contributed by atoms with van der Waals surface area (Å²) < 4.78 is 0. The van der Waals surface area contributed by atoms with E-state index in [1.165, 1.54) is 0 Å². The third kappa shape index (κ3) is 3.43. The van der Waals surface area contributed by atoms with Crippen LogP contribution in [0.2, 0.25) is 0 Å². The minimum Gasteiger partial charge on any atom is -0.481 e. The highest BCUT2D eigenvalue weighted by Gasteiger charge is 2.51. The van der Waals surface area contributed by atoms with Crippen molar-refractivity contribution < 1.29 is 19.5 Å². The van der Waals surface area contributed by atoms with E-state index in [1.54, 1.807) is 0 Å². The van der Waals surface area contributed by atoms with E-state index in [-0.39, 0.29) is 35.7 Å². The normalized spacial score (nSPS) is 30.2. The van der Waals surface area contributed by atoms with Gasteiger partial charge in [-0.05, 0) is 39.0 Å². The molecule has 4 atom stereocenters. The highest BCUT2D eigenvalue weighted by molar-refractivity contribution is 5.90. The van der Waals surface area contributed by atoms with Gasteiger partial charge < -0.3 is 15.7 Å². The summed E-state index contributed by atoms with van der Waals surface area (Å²) in [5.74, 6) is -2.89. The molecule has 1 fully saturated rings. The predicted molar refractivity (Wildman–Crippen MR) is 76.3 cm³/mol. The maximum atomic E-state index is 12.2. The van der Waals surface area contributed by atoms with Gasteiger partial charge in [-0.2, -0.15) is 0 Å². The van der Waals surface area contributed by atoms with Crippen LogP contribution >= 0.6 is 0 Å². The van der Waals surface area contributed by atoms with Gasteiger partial charge in [0.1, 0.15) is 0 Å². The van der Waals surface area contributed by atoms with Gasteiger partial charge in [-0.3, -0.25) is 14.4 Å². The van der Waals surface area contributed by atoms with Crippen molar-refractivity contribution in [1.29, 1.82) is 0 Å². The summed E-state index contributed by atoms with van der Waals surface area (Å²) in [6.07, 6.45) is 4.52. The Bertz CT molecular complexity index is 492. The van der Waals surface area contributed by atoms with Gasteiger partial charge in [0.05, 0.1) is 18.4 Å². The second kappa shape index (κ2) is 5.50. The molecule has 2 aliphatic carbocycles. The molecule has 0 aromatic rings. The van der Waals surface area contributed by atoms with E-state index in [4.69, 9.17) is 0 Å². The van der Waals surface area contributed by atoms with Gasteiger partial charge >= 0.3 is 5.97 Å². The molecule has 2 rings (SSSR count). The molecule has 116 valence electrons. The topological polar surface area (TPSA) is 95.5 Å². The first kappa shape index (κ1) is 15.5. The van der Waals surface area contributed by atoms with E-state index in [2.05, 4.69) is 10.6 Å². The van der Waals surface area contributed by atoms with E-state index < -0.39 is 17.8 Å². The van der Waals surface area contributed by atoms with Crippen molar-refractivity contribution in [2.75, 3.05) is 6.54 Å². The third-order valence-corrected chi connectivity index (χ3v) is 3.98. The molecule has 2 amide bonds. The predicted octanol–water partition coefficient (Wildman–Crippen LogP) is 0.540. The molecule has 3 N–H and O–H groups in total. The van der Waals surface area contributed by atoms with Gasteiger partial charge in [-0.25, -0.2) is 0 Å². The van der Waals surface area contributed by atoms with Crippen molar-refractivity contribution in [2.24, 2.45) is 23.7 Å². The number of aliphatic carboxylic acids is 1. The number of carboxylic acids is 1. The van der Waals surface area contributed by atoms with Crippen molar-refractivity contribution in [3.05, 3.63) is 12.2 Å². The molecule has 0 spiro atoms. The van der Waals surface area contributed by atoms with E-state index in [0.29, 0.717) is 6.42 Å². The number of hydrogen-bond donors (Lipinski definition) is 3. The highest BCUT2D eigenvalue weighted by atomic mass is 16.4. The van der Waals surface area contributed by atoms with Crippen LogP contribution in [0.5, 0.6) is 0 Å². The SMILES string of the molecule is CC(C)(C)NC(=O)CNC(=O)[C@H]1C2C=CC(C2)[C@H]1C(=O)O. The van der Waals surface area contributed by atoms with Gasteiger partial charge in [0.15, 0.2) is 0 Å². The number of carbonyl (C=O) groups excluding carboxylic acids is 2. The molecule has 0 saturated heterocycles. The van der Waals surface area contributed by atoms with Crippen LogP contribution in [0.25, 0.3) is 0 Å². The first-order valence-electron chi connectivity index (χ1n) is 7.19. The summed E-state index contributed by atoms with van der Waals surface area (Å²) in [6.45, 7) is 5.44. The van der Waals surface area contributed by atoms with Crippen LogP contribution in [0.4, 0.5) is 0 Å². The van der Waals surface area contributed by atoms with E-state index in [0.717, 1.165) is 0 Å². The largest absolute Gasteiger partial charge is 0.481 e. The average molecular weight is 294 g/mol. The zero-order chi connectivity index (χ0) is 15.8. The van der Waals surface area contributed by atoms with E-state index in [9.17, 15) is 19.5 Å². The maximum absolute atomic E-state index is 12.2.